The first-order valence-electron chi connectivity index (χ1n) is 7.41. The molecule has 0 spiro atoms. The van der Waals surface area contributed by atoms with Gasteiger partial charge in [-0.15, -0.1) is 0 Å². The number of para-hydroxylation sites is 1. The number of aromatic nitrogens is 1. The number of carbonyl (C=O) groups excluding carboxylic acids is 2. The zero-order valence-electron chi connectivity index (χ0n) is 12.5. The second-order valence-corrected chi connectivity index (χ2v) is 7.00. The number of amides is 1. The lowest BCUT2D eigenvalue weighted by Gasteiger charge is -2.16. The van der Waals surface area contributed by atoms with Crippen molar-refractivity contribution in [3.63, 3.8) is 0 Å². The van der Waals surface area contributed by atoms with E-state index in [0.29, 0.717) is 19.5 Å². The fraction of sp³-hybridized carbons (Fsp3) is 0.353. The van der Waals surface area contributed by atoms with E-state index >= 15 is 0 Å². The first kappa shape index (κ1) is 15.0. The van der Waals surface area contributed by atoms with Gasteiger partial charge in [-0.1, -0.05) is 36.0 Å². The molecule has 1 aromatic carbocycles. The summed E-state index contributed by atoms with van der Waals surface area (Å²) in [7, 11) is 0. The van der Waals surface area contributed by atoms with E-state index in [1.807, 2.05) is 35.2 Å². The third kappa shape index (κ3) is 3.47. The average molecular weight is 314 g/mol. The maximum Gasteiger partial charge on any atom is 0.223 e. The number of rotatable bonds is 4. The van der Waals surface area contributed by atoms with Crippen LogP contribution in [0.5, 0.6) is 0 Å². The zero-order chi connectivity index (χ0) is 15.5. The van der Waals surface area contributed by atoms with Crippen LogP contribution in [0.4, 0.5) is 0 Å². The Morgan fingerprint density at radius 3 is 2.95 bits per heavy atom. The Morgan fingerprint density at radius 1 is 1.32 bits per heavy atom. The molecule has 1 fully saturated rings. The number of carbonyl (C=O) groups is 2. The van der Waals surface area contributed by atoms with Gasteiger partial charge >= 0.3 is 0 Å². The van der Waals surface area contributed by atoms with Crippen LogP contribution in [0.3, 0.4) is 0 Å². The Balaban J connectivity index is 1.61. The fourth-order valence-corrected chi connectivity index (χ4v) is 3.71. The van der Waals surface area contributed by atoms with Crippen LogP contribution in [0.1, 0.15) is 19.0 Å². The molecule has 114 valence electrons. The van der Waals surface area contributed by atoms with Crippen molar-refractivity contribution in [1.29, 1.82) is 0 Å². The van der Waals surface area contributed by atoms with Crippen LogP contribution < -0.4 is 0 Å². The summed E-state index contributed by atoms with van der Waals surface area (Å²) in [6, 6.07) is 12.1. The van der Waals surface area contributed by atoms with Gasteiger partial charge in [0.1, 0.15) is 0 Å². The molecular weight excluding hydrogens is 296 g/mol. The molecule has 4 nitrogen and oxygen atoms in total. The molecule has 0 bridgehead atoms. The number of thioether (sulfide) groups is 1. The standard InChI is InChI=1S/C17H18N2O2S/c1-12(20)22-15-10-17(21)19(11-15)9-8-14-7-6-13-4-2-3-5-16(13)18-14/h2-7,15H,8-11H2,1H3. The van der Waals surface area contributed by atoms with E-state index in [9.17, 15) is 9.59 Å². The van der Waals surface area contributed by atoms with Crippen LogP contribution in [0.2, 0.25) is 0 Å². The summed E-state index contributed by atoms with van der Waals surface area (Å²) in [5.41, 5.74) is 1.98. The van der Waals surface area contributed by atoms with E-state index in [1.165, 1.54) is 11.8 Å². The van der Waals surface area contributed by atoms with Gasteiger partial charge in [-0.25, -0.2) is 0 Å². The van der Waals surface area contributed by atoms with Crippen LogP contribution in [0, 0.1) is 0 Å². The third-order valence-corrected chi connectivity index (χ3v) is 4.79. The molecule has 1 aromatic heterocycles. The van der Waals surface area contributed by atoms with E-state index in [2.05, 4.69) is 11.1 Å². The summed E-state index contributed by atoms with van der Waals surface area (Å²) in [6.07, 6.45) is 1.21. The Kier molecular flexibility index (Phi) is 4.43. The number of hydrogen-bond acceptors (Lipinski definition) is 4. The van der Waals surface area contributed by atoms with Crippen molar-refractivity contribution in [2.45, 2.75) is 25.0 Å². The normalized spacial score (nSPS) is 18.1. The van der Waals surface area contributed by atoms with Gasteiger partial charge in [0.05, 0.1) is 5.52 Å². The first-order chi connectivity index (χ1) is 10.6. The van der Waals surface area contributed by atoms with E-state index in [1.54, 1.807) is 6.92 Å². The third-order valence-electron chi connectivity index (χ3n) is 3.81. The van der Waals surface area contributed by atoms with Crippen molar-refractivity contribution in [1.82, 2.24) is 9.88 Å². The van der Waals surface area contributed by atoms with Gasteiger partial charge in [-0.05, 0) is 12.1 Å². The lowest BCUT2D eigenvalue weighted by atomic mass is 10.2. The van der Waals surface area contributed by atoms with Crippen molar-refractivity contribution in [3.8, 4) is 0 Å². The van der Waals surface area contributed by atoms with E-state index in [-0.39, 0.29) is 16.3 Å². The van der Waals surface area contributed by atoms with Gasteiger partial charge in [0.15, 0.2) is 5.12 Å². The molecular formula is C17H18N2O2S. The molecule has 1 saturated heterocycles. The lowest BCUT2D eigenvalue weighted by molar-refractivity contribution is -0.127. The Hall–Kier alpha value is -1.88. The van der Waals surface area contributed by atoms with Crippen molar-refractivity contribution < 1.29 is 9.59 Å². The predicted octanol–water partition coefficient (Wildman–Crippen LogP) is 2.66. The van der Waals surface area contributed by atoms with Gasteiger partial charge < -0.3 is 4.90 Å². The zero-order valence-corrected chi connectivity index (χ0v) is 13.3. The highest BCUT2D eigenvalue weighted by Gasteiger charge is 2.30. The molecule has 1 unspecified atom stereocenters. The highest BCUT2D eigenvalue weighted by molar-refractivity contribution is 8.14. The Morgan fingerprint density at radius 2 is 2.14 bits per heavy atom. The minimum Gasteiger partial charge on any atom is -0.341 e. The van der Waals surface area contributed by atoms with E-state index in [0.717, 1.165) is 23.0 Å². The van der Waals surface area contributed by atoms with Crippen LogP contribution in [-0.4, -0.2) is 39.2 Å². The van der Waals surface area contributed by atoms with Crippen molar-refractivity contribution in [2.75, 3.05) is 13.1 Å². The number of fused-ring (bicyclic) bond motifs is 1. The van der Waals surface area contributed by atoms with Gasteiger partial charge in [0.2, 0.25) is 5.91 Å². The van der Waals surface area contributed by atoms with Crippen LogP contribution in [0.15, 0.2) is 36.4 Å². The van der Waals surface area contributed by atoms with Crippen LogP contribution in [-0.2, 0) is 16.0 Å². The minimum absolute atomic E-state index is 0.0795. The number of benzene rings is 1. The highest BCUT2D eigenvalue weighted by Crippen LogP contribution is 2.24. The second kappa shape index (κ2) is 6.48. The van der Waals surface area contributed by atoms with E-state index < -0.39 is 0 Å². The molecule has 5 heteroatoms. The quantitative estimate of drug-likeness (QED) is 0.870. The molecule has 22 heavy (non-hydrogen) atoms. The van der Waals surface area contributed by atoms with Gasteiger partial charge in [-0.2, -0.15) is 0 Å². The molecule has 1 aliphatic heterocycles. The number of likely N-dealkylation sites (tertiary alicyclic amines) is 1. The van der Waals surface area contributed by atoms with E-state index in [4.69, 9.17) is 0 Å². The van der Waals surface area contributed by atoms with Crippen molar-refractivity contribution >= 4 is 33.7 Å². The topological polar surface area (TPSA) is 50.3 Å². The van der Waals surface area contributed by atoms with Crippen molar-refractivity contribution in [3.05, 3.63) is 42.1 Å². The van der Waals surface area contributed by atoms with Crippen LogP contribution >= 0.6 is 11.8 Å². The molecule has 0 saturated carbocycles. The summed E-state index contributed by atoms with van der Waals surface area (Å²) >= 11 is 1.28. The summed E-state index contributed by atoms with van der Waals surface area (Å²) < 4.78 is 0. The van der Waals surface area contributed by atoms with Gasteiger partial charge in [-0.3, -0.25) is 14.6 Å². The monoisotopic (exact) mass is 314 g/mol. The number of hydrogen-bond donors (Lipinski definition) is 0. The molecule has 0 radical (unpaired) electrons. The molecule has 2 aromatic rings. The Labute approximate surface area is 133 Å². The summed E-state index contributed by atoms with van der Waals surface area (Å²) in [5, 5.41) is 1.31. The molecule has 1 atom stereocenters. The maximum absolute atomic E-state index is 12.0. The molecule has 0 N–H and O–H groups in total. The lowest BCUT2D eigenvalue weighted by Crippen LogP contribution is -2.28. The summed E-state index contributed by atoms with van der Waals surface area (Å²) in [6.45, 7) is 2.88. The van der Waals surface area contributed by atoms with Gasteiger partial charge in [0, 0.05) is 49.2 Å². The Bertz CT molecular complexity index is 717. The maximum atomic E-state index is 12.0. The summed E-state index contributed by atoms with van der Waals surface area (Å²) in [5.74, 6) is 0.138. The molecule has 1 aliphatic rings. The summed E-state index contributed by atoms with van der Waals surface area (Å²) in [4.78, 5) is 29.6. The number of nitrogens with zero attached hydrogens (tertiary/aromatic N) is 2. The molecule has 1 amide bonds. The second-order valence-electron chi connectivity index (χ2n) is 5.52. The SMILES string of the molecule is CC(=O)SC1CC(=O)N(CCc2ccc3ccccc3n2)C1. The minimum atomic E-state index is 0.0795. The largest absolute Gasteiger partial charge is 0.341 e. The number of pyridine rings is 1. The highest BCUT2D eigenvalue weighted by atomic mass is 32.2. The molecule has 0 aliphatic carbocycles. The van der Waals surface area contributed by atoms with Crippen molar-refractivity contribution in [2.24, 2.45) is 0 Å². The predicted molar refractivity (Wildman–Crippen MR) is 88.7 cm³/mol. The van der Waals surface area contributed by atoms with Crippen LogP contribution in [0.25, 0.3) is 10.9 Å². The smallest absolute Gasteiger partial charge is 0.223 e. The molecule has 3 rings (SSSR count). The van der Waals surface area contributed by atoms with Gasteiger partial charge in [0.25, 0.3) is 0 Å². The fourth-order valence-electron chi connectivity index (χ4n) is 2.76. The first-order valence-corrected chi connectivity index (χ1v) is 8.29. The molecule has 2 heterocycles. The average Bonchev–Trinajstić information content (AvgIpc) is 2.84.